The highest BCUT2D eigenvalue weighted by Gasteiger charge is 2.31. The van der Waals surface area contributed by atoms with E-state index in [2.05, 4.69) is 46.5 Å². The van der Waals surface area contributed by atoms with E-state index in [-0.39, 0.29) is 6.61 Å². The lowest BCUT2D eigenvalue weighted by atomic mass is 9.97. The van der Waals surface area contributed by atoms with Crippen molar-refractivity contribution >= 4 is 22.5 Å². The van der Waals surface area contributed by atoms with E-state index in [1.165, 1.54) is 0 Å². The minimum absolute atomic E-state index is 0.0879. The van der Waals surface area contributed by atoms with Gasteiger partial charge >= 0.3 is 0 Å². The number of aromatic nitrogens is 2. The molecule has 2 aromatic heterocycles. The third-order valence-corrected chi connectivity index (χ3v) is 6.72. The van der Waals surface area contributed by atoms with Gasteiger partial charge < -0.3 is 14.9 Å². The van der Waals surface area contributed by atoms with Gasteiger partial charge in [0, 0.05) is 30.3 Å². The molecular formula is C26H27N5O. The maximum atomic E-state index is 10.1. The zero-order valence-electron chi connectivity index (χ0n) is 18.7. The van der Waals surface area contributed by atoms with Crippen LogP contribution in [-0.2, 0) is 6.61 Å². The predicted molar refractivity (Wildman–Crippen MR) is 128 cm³/mol. The summed E-state index contributed by atoms with van der Waals surface area (Å²) in [6.45, 7) is 3.78. The number of hydrogen-bond donors (Lipinski definition) is 1. The van der Waals surface area contributed by atoms with E-state index in [9.17, 15) is 10.4 Å². The molecule has 2 aromatic carbocycles. The Morgan fingerprint density at radius 1 is 1.16 bits per heavy atom. The molecule has 1 aliphatic rings. The van der Waals surface area contributed by atoms with Crippen LogP contribution < -0.4 is 4.90 Å². The minimum Gasteiger partial charge on any atom is -0.392 e. The lowest BCUT2D eigenvalue weighted by Crippen LogP contribution is -2.32. The van der Waals surface area contributed by atoms with Crippen LogP contribution in [0.25, 0.3) is 27.8 Å². The summed E-state index contributed by atoms with van der Waals surface area (Å²) >= 11 is 0. The number of fused-ring (bicyclic) bond motifs is 3. The van der Waals surface area contributed by atoms with Crippen LogP contribution >= 0.6 is 0 Å². The normalized spacial score (nSPS) is 16.4. The van der Waals surface area contributed by atoms with Crippen molar-refractivity contribution in [1.29, 1.82) is 5.26 Å². The number of imidazole rings is 1. The first kappa shape index (κ1) is 20.5. The summed E-state index contributed by atoms with van der Waals surface area (Å²) in [5, 5.41) is 20.1. The fraction of sp³-hybridized carbons (Fsp3) is 0.308. The van der Waals surface area contributed by atoms with Crippen LogP contribution in [0.4, 0.5) is 5.82 Å². The Bertz CT molecular complexity index is 1350. The third kappa shape index (κ3) is 3.05. The Morgan fingerprint density at radius 2 is 1.94 bits per heavy atom. The molecule has 5 rings (SSSR count). The summed E-state index contributed by atoms with van der Waals surface area (Å²) in [4.78, 5) is 9.60. The fourth-order valence-corrected chi connectivity index (χ4v) is 4.98. The van der Waals surface area contributed by atoms with Crippen molar-refractivity contribution in [2.24, 2.45) is 0 Å². The topological polar surface area (TPSA) is 67.8 Å². The molecule has 0 saturated carbocycles. The summed E-state index contributed by atoms with van der Waals surface area (Å²) in [7, 11) is 4.26. The van der Waals surface area contributed by atoms with Gasteiger partial charge in [0.25, 0.3) is 0 Å². The summed E-state index contributed by atoms with van der Waals surface area (Å²) in [5.74, 6) is 1.07. The second-order valence-corrected chi connectivity index (χ2v) is 8.74. The van der Waals surface area contributed by atoms with Crippen molar-refractivity contribution in [2.75, 3.05) is 32.1 Å². The lowest BCUT2D eigenvalue weighted by molar-refractivity contribution is 0.283. The first-order valence-corrected chi connectivity index (χ1v) is 11.0. The van der Waals surface area contributed by atoms with Crippen LogP contribution in [0.1, 0.15) is 23.1 Å². The quantitative estimate of drug-likeness (QED) is 0.536. The van der Waals surface area contributed by atoms with Crippen LogP contribution in [0.3, 0.4) is 0 Å². The van der Waals surface area contributed by atoms with Crippen molar-refractivity contribution in [3.8, 4) is 17.2 Å². The first-order chi connectivity index (χ1) is 15.5. The smallest absolute Gasteiger partial charge is 0.157 e. The fourth-order valence-electron chi connectivity index (χ4n) is 4.98. The molecule has 1 atom stereocenters. The predicted octanol–water partition coefficient (Wildman–Crippen LogP) is 3.97. The molecule has 1 saturated heterocycles. The van der Waals surface area contributed by atoms with E-state index < -0.39 is 0 Å². The van der Waals surface area contributed by atoms with Gasteiger partial charge in [-0.1, -0.05) is 42.5 Å². The molecule has 0 bridgehead atoms. The average Bonchev–Trinajstić information content (AvgIpc) is 3.44. The van der Waals surface area contributed by atoms with E-state index in [0.717, 1.165) is 58.6 Å². The largest absolute Gasteiger partial charge is 0.392 e. The van der Waals surface area contributed by atoms with Crippen molar-refractivity contribution in [1.82, 2.24) is 14.3 Å². The van der Waals surface area contributed by atoms with Gasteiger partial charge in [0.15, 0.2) is 5.65 Å². The van der Waals surface area contributed by atoms with Gasteiger partial charge in [0.05, 0.1) is 23.2 Å². The van der Waals surface area contributed by atoms with Crippen molar-refractivity contribution < 1.29 is 5.11 Å². The molecule has 0 aliphatic carbocycles. The molecule has 162 valence electrons. The van der Waals surface area contributed by atoms with Gasteiger partial charge in [0.2, 0.25) is 0 Å². The molecule has 3 heterocycles. The number of likely N-dealkylation sites (N-methyl/N-ethyl adjacent to an activating group) is 1. The minimum atomic E-state index is -0.0879. The Balaban J connectivity index is 1.93. The van der Waals surface area contributed by atoms with E-state index >= 15 is 0 Å². The number of aliphatic hydroxyl groups excluding tert-OH is 1. The number of benzene rings is 2. The van der Waals surface area contributed by atoms with Crippen molar-refractivity contribution in [3.05, 3.63) is 65.2 Å². The monoisotopic (exact) mass is 425 g/mol. The van der Waals surface area contributed by atoms with E-state index in [0.29, 0.717) is 17.3 Å². The molecular weight excluding hydrogens is 398 g/mol. The second kappa shape index (κ2) is 7.94. The molecule has 4 aromatic rings. The van der Waals surface area contributed by atoms with Crippen molar-refractivity contribution in [2.45, 2.75) is 26.0 Å². The Morgan fingerprint density at radius 3 is 2.59 bits per heavy atom. The number of nitrogens with zero attached hydrogens (tertiary/aromatic N) is 5. The number of nitriles is 1. The van der Waals surface area contributed by atoms with Crippen LogP contribution in [0, 0.1) is 18.3 Å². The molecule has 32 heavy (non-hydrogen) atoms. The van der Waals surface area contributed by atoms with Gasteiger partial charge in [-0.05, 0) is 44.6 Å². The number of aliphatic hydroxyl groups is 1. The number of anilines is 1. The van der Waals surface area contributed by atoms with Gasteiger partial charge in [-0.3, -0.25) is 4.40 Å². The maximum absolute atomic E-state index is 10.1. The summed E-state index contributed by atoms with van der Waals surface area (Å²) < 4.78 is 2.14. The molecule has 0 radical (unpaired) electrons. The molecule has 0 spiro atoms. The number of para-hydroxylation sites is 1. The van der Waals surface area contributed by atoms with Crippen LogP contribution in [0.2, 0.25) is 0 Å². The SMILES string of the molecule is Cc1c(-c2ccccc2)c(N2CC[C@H](N(C)C)C2)n2c(nc3c(CO)cccc32)c1C#N. The lowest BCUT2D eigenvalue weighted by Gasteiger charge is -2.27. The second-order valence-electron chi connectivity index (χ2n) is 8.74. The highest BCUT2D eigenvalue weighted by Crippen LogP contribution is 2.41. The van der Waals surface area contributed by atoms with Gasteiger partial charge in [0.1, 0.15) is 11.9 Å². The highest BCUT2D eigenvalue weighted by atomic mass is 16.3. The standard InChI is InChI=1S/C26H27N5O/c1-17-21(14-27)25-28-24-19(16-32)10-7-11-22(24)31(25)26(23(17)18-8-5-4-6-9-18)30-13-12-20(15-30)29(2)3/h4-11,20,32H,12-13,15-16H2,1-3H3/t20-/m0/s1. The van der Waals surface area contributed by atoms with Gasteiger partial charge in [-0.25, -0.2) is 4.98 Å². The van der Waals surface area contributed by atoms with Crippen LogP contribution in [-0.4, -0.2) is 52.6 Å². The Labute approximate surface area is 187 Å². The molecule has 0 unspecified atom stereocenters. The number of rotatable bonds is 4. The molecule has 1 aliphatic heterocycles. The van der Waals surface area contributed by atoms with Crippen molar-refractivity contribution in [3.63, 3.8) is 0 Å². The van der Waals surface area contributed by atoms with E-state index in [1.54, 1.807) is 0 Å². The Kier molecular flexibility index (Phi) is 5.09. The van der Waals surface area contributed by atoms with Gasteiger partial charge in [-0.2, -0.15) is 5.26 Å². The highest BCUT2D eigenvalue weighted by molar-refractivity contribution is 5.93. The molecule has 6 nitrogen and oxygen atoms in total. The Hall–Kier alpha value is -3.40. The number of hydrogen-bond acceptors (Lipinski definition) is 5. The zero-order chi connectivity index (χ0) is 22.4. The molecule has 1 N–H and O–H groups in total. The third-order valence-electron chi connectivity index (χ3n) is 6.72. The summed E-state index contributed by atoms with van der Waals surface area (Å²) in [5.41, 5.74) is 6.78. The molecule has 1 fully saturated rings. The molecule has 0 amide bonds. The van der Waals surface area contributed by atoms with Gasteiger partial charge in [-0.15, -0.1) is 0 Å². The first-order valence-electron chi connectivity index (χ1n) is 11.0. The average molecular weight is 426 g/mol. The van der Waals surface area contributed by atoms with Crippen LogP contribution in [0.15, 0.2) is 48.5 Å². The maximum Gasteiger partial charge on any atom is 0.157 e. The summed E-state index contributed by atoms with van der Waals surface area (Å²) in [6, 6.07) is 19.1. The molecule has 6 heteroatoms. The van der Waals surface area contributed by atoms with E-state index in [1.807, 2.05) is 43.3 Å². The number of pyridine rings is 1. The zero-order valence-corrected chi connectivity index (χ0v) is 18.7. The van der Waals surface area contributed by atoms with Crippen LogP contribution in [0.5, 0.6) is 0 Å². The summed E-state index contributed by atoms with van der Waals surface area (Å²) in [6.07, 6.45) is 1.08. The van der Waals surface area contributed by atoms with E-state index in [4.69, 9.17) is 4.98 Å².